The van der Waals surface area contributed by atoms with E-state index in [0.29, 0.717) is 17.6 Å². The van der Waals surface area contributed by atoms with Gasteiger partial charge >= 0.3 is 0 Å². The van der Waals surface area contributed by atoms with Gasteiger partial charge in [-0.2, -0.15) is 11.8 Å². The average Bonchev–Trinajstić information content (AvgIpc) is 2.72. The Morgan fingerprint density at radius 2 is 1.84 bits per heavy atom. The highest BCUT2D eigenvalue weighted by molar-refractivity contribution is 7.99. The van der Waals surface area contributed by atoms with E-state index in [2.05, 4.69) is 0 Å². The van der Waals surface area contributed by atoms with Gasteiger partial charge in [0.1, 0.15) is 5.78 Å². The minimum Gasteiger partial charge on any atom is -0.374 e. The Balaban J connectivity index is 1.62. The van der Waals surface area contributed by atoms with Crippen LogP contribution in [0.3, 0.4) is 0 Å². The fourth-order valence-corrected chi connectivity index (χ4v) is 5.41. The molecule has 2 nitrogen and oxygen atoms in total. The second-order valence-electron chi connectivity index (χ2n) is 6.61. The molecule has 2 saturated heterocycles. The topological polar surface area (TPSA) is 26.3 Å². The molecule has 0 N–H and O–H groups in total. The van der Waals surface area contributed by atoms with Crippen molar-refractivity contribution in [1.29, 1.82) is 0 Å². The number of hydrogen-bond donors (Lipinski definition) is 0. The van der Waals surface area contributed by atoms with Gasteiger partial charge in [-0.25, -0.2) is 0 Å². The van der Waals surface area contributed by atoms with Gasteiger partial charge in [0.2, 0.25) is 0 Å². The Labute approximate surface area is 121 Å². The molecular formula is C16H26O2S. The van der Waals surface area contributed by atoms with Crippen molar-refractivity contribution in [3.8, 4) is 0 Å². The van der Waals surface area contributed by atoms with Gasteiger partial charge in [0.15, 0.2) is 0 Å². The molecule has 2 aliphatic heterocycles. The highest BCUT2D eigenvalue weighted by Crippen LogP contribution is 2.42. The van der Waals surface area contributed by atoms with E-state index in [1.165, 1.54) is 31.4 Å². The lowest BCUT2D eigenvalue weighted by Gasteiger charge is -2.38. The van der Waals surface area contributed by atoms with Crippen molar-refractivity contribution in [1.82, 2.24) is 0 Å². The fraction of sp³-hybridized carbons (Fsp3) is 0.938. The first kappa shape index (κ1) is 13.9. The van der Waals surface area contributed by atoms with Crippen LogP contribution in [-0.4, -0.2) is 29.5 Å². The van der Waals surface area contributed by atoms with Crippen LogP contribution in [0.4, 0.5) is 0 Å². The molecule has 0 aromatic heterocycles. The van der Waals surface area contributed by atoms with E-state index in [0.717, 1.165) is 44.5 Å². The van der Waals surface area contributed by atoms with Crippen LogP contribution >= 0.6 is 11.8 Å². The maximum absolute atomic E-state index is 12.8. The number of carbonyl (C=O) groups excluding carboxylic acids is 1. The Hall–Kier alpha value is -0.0200. The van der Waals surface area contributed by atoms with Gasteiger partial charge in [-0.3, -0.25) is 4.79 Å². The number of thioether (sulfide) groups is 1. The molecule has 19 heavy (non-hydrogen) atoms. The van der Waals surface area contributed by atoms with Crippen LogP contribution in [-0.2, 0) is 9.53 Å². The van der Waals surface area contributed by atoms with Gasteiger partial charge in [-0.15, -0.1) is 0 Å². The fourth-order valence-electron chi connectivity index (χ4n) is 4.03. The summed E-state index contributed by atoms with van der Waals surface area (Å²) in [5.74, 6) is 3.58. The summed E-state index contributed by atoms with van der Waals surface area (Å²) >= 11 is 2.00. The third kappa shape index (κ3) is 3.18. The number of ketones is 1. The van der Waals surface area contributed by atoms with Crippen molar-refractivity contribution in [2.75, 3.05) is 18.1 Å². The Bertz CT molecular complexity index is 315. The Morgan fingerprint density at radius 1 is 1.05 bits per heavy atom. The van der Waals surface area contributed by atoms with Gasteiger partial charge in [-0.05, 0) is 37.9 Å². The lowest BCUT2D eigenvalue weighted by atomic mass is 9.78. The van der Waals surface area contributed by atoms with Crippen molar-refractivity contribution in [3.05, 3.63) is 0 Å². The third-order valence-corrected chi connectivity index (χ3v) is 6.44. The molecule has 3 heteroatoms. The molecule has 1 saturated carbocycles. The van der Waals surface area contributed by atoms with Gasteiger partial charge in [-0.1, -0.05) is 25.7 Å². The molecule has 2 atom stereocenters. The van der Waals surface area contributed by atoms with Crippen LogP contribution in [0.25, 0.3) is 0 Å². The molecule has 0 amide bonds. The monoisotopic (exact) mass is 282 g/mol. The Morgan fingerprint density at radius 3 is 2.53 bits per heavy atom. The molecule has 0 bridgehead atoms. The highest BCUT2D eigenvalue weighted by Gasteiger charge is 2.43. The molecule has 0 aromatic carbocycles. The summed E-state index contributed by atoms with van der Waals surface area (Å²) in [5.41, 5.74) is 0.0635. The van der Waals surface area contributed by atoms with Crippen molar-refractivity contribution < 1.29 is 9.53 Å². The SMILES string of the molecule is O=C(C1CCCCCC1)C1CCOC2(CCSC2)C1. The first-order chi connectivity index (χ1) is 9.29. The van der Waals surface area contributed by atoms with Gasteiger partial charge in [0.05, 0.1) is 5.60 Å². The lowest BCUT2D eigenvalue weighted by molar-refractivity contribution is -0.138. The van der Waals surface area contributed by atoms with Crippen LogP contribution in [0.1, 0.15) is 57.8 Å². The molecule has 0 radical (unpaired) electrons. The summed E-state index contributed by atoms with van der Waals surface area (Å²) in [6.45, 7) is 0.809. The summed E-state index contributed by atoms with van der Waals surface area (Å²) in [4.78, 5) is 12.8. The van der Waals surface area contributed by atoms with Gasteiger partial charge in [0.25, 0.3) is 0 Å². The van der Waals surface area contributed by atoms with E-state index >= 15 is 0 Å². The zero-order chi connectivity index (χ0) is 13.1. The molecule has 0 aromatic rings. The number of Topliss-reactive ketones (excluding diaryl/α,β-unsaturated/α-hetero) is 1. The largest absolute Gasteiger partial charge is 0.374 e. The molecule has 108 valence electrons. The minimum atomic E-state index is 0.0635. The first-order valence-corrected chi connectivity index (χ1v) is 9.20. The molecule has 3 rings (SSSR count). The smallest absolute Gasteiger partial charge is 0.139 e. The molecule has 1 spiro atoms. The summed E-state index contributed by atoms with van der Waals surface area (Å²) in [6.07, 6.45) is 10.6. The molecule has 1 aliphatic carbocycles. The zero-order valence-corrected chi connectivity index (χ0v) is 12.7. The number of hydrogen-bond acceptors (Lipinski definition) is 3. The normalized spacial score (nSPS) is 37.4. The minimum absolute atomic E-state index is 0.0635. The molecule has 3 fully saturated rings. The second kappa shape index (κ2) is 6.17. The zero-order valence-electron chi connectivity index (χ0n) is 11.9. The lowest BCUT2D eigenvalue weighted by Crippen LogP contribution is -2.43. The van der Waals surface area contributed by atoms with E-state index in [9.17, 15) is 4.79 Å². The van der Waals surface area contributed by atoms with Crippen LogP contribution in [0.5, 0.6) is 0 Å². The maximum atomic E-state index is 12.8. The first-order valence-electron chi connectivity index (χ1n) is 8.05. The van der Waals surface area contributed by atoms with Gasteiger partial charge in [0, 0.05) is 24.2 Å². The maximum Gasteiger partial charge on any atom is 0.139 e. The quantitative estimate of drug-likeness (QED) is 0.720. The third-order valence-electron chi connectivity index (χ3n) is 5.22. The molecule has 3 aliphatic rings. The predicted molar refractivity (Wildman–Crippen MR) is 79.5 cm³/mol. The van der Waals surface area contributed by atoms with Crippen LogP contribution in [0, 0.1) is 11.8 Å². The number of carbonyl (C=O) groups is 1. The highest BCUT2D eigenvalue weighted by atomic mass is 32.2. The van der Waals surface area contributed by atoms with Crippen molar-refractivity contribution in [2.24, 2.45) is 11.8 Å². The molecule has 2 unspecified atom stereocenters. The molecule has 2 heterocycles. The van der Waals surface area contributed by atoms with E-state index in [1.807, 2.05) is 11.8 Å². The molecular weight excluding hydrogens is 256 g/mol. The van der Waals surface area contributed by atoms with Crippen LogP contribution in [0.15, 0.2) is 0 Å². The van der Waals surface area contributed by atoms with Crippen molar-refractivity contribution in [3.63, 3.8) is 0 Å². The summed E-state index contributed by atoms with van der Waals surface area (Å²) in [5, 5.41) is 0. The number of ether oxygens (including phenoxy) is 1. The standard InChI is InChI=1S/C16H26O2S/c17-15(13-5-3-1-2-4-6-13)14-7-9-18-16(11-14)8-10-19-12-16/h13-14H,1-12H2. The van der Waals surface area contributed by atoms with E-state index in [1.54, 1.807) is 0 Å². The van der Waals surface area contributed by atoms with Crippen LogP contribution in [0.2, 0.25) is 0 Å². The number of rotatable bonds is 2. The second-order valence-corrected chi connectivity index (χ2v) is 7.72. The summed E-state index contributed by atoms with van der Waals surface area (Å²) in [6, 6.07) is 0. The average molecular weight is 282 g/mol. The van der Waals surface area contributed by atoms with Crippen molar-refractivity contribution in [2.45, 2.75) is 63.4 Å². The van der Waals surface area contributed by atoms with Gasteiger partial charge < -0.3 is 4.74 Å². The summed E-state index contributed by atoms with van der Waals surface area (Å²) in [7, 11) is 0. The van der Waals surface area contributed by atoms with Crippen molar-refractivity contribution >= 4 is 17.5 Å². The predicted octanol–water partition coefficient (Wildman–Crippen LogP) is 3.83. The van der Waals surface area contributed by atoms with Crippen LogP contribution < -0.4 is 0 Å². The van der Waals surface area contributed by atoms with E-state index < -0.39 is 0 Å². The Kier molecular flexibility index (Phi) is 4.53. The summed E-state index contributed by atoms with van der Waals surface area (Å²) < 4.78 is 6.05. The van der Waals surface area contributed by atoms with E-state index in [4.69, 9.17) is 4.74 Å². The van der Waals surface area contributed by atoms with E-state index in [-0.39, 0.29) is 5.60 Å².